The molecule has 0 aliphatic carbocycles. The van der Waals surface area contributed by atoms with Crippen molar-refractivity contribution in [3.63, 3.8) is 0 Å². The molecule has 0 aromatic carbocycles. The molecule has 3 nitrogen and oxygen atoms in total. The Kier molecular flexibility index (Phi) is 5.18. The molecule has 1 aromatic heterocycles. The van der Waals surface area contributed by atoms with Gasteiger partial charge in [-0.1, -0.05) is 0 Å². The molecule has 1 saturated heterocycles. The molecular weight excluding hydrogens is 242 g/mol. The number of thiophene rings is 1. The van der Waals surface area contributed by atoms with Crippen LogP contribution < -0.4 is 0 Å². The number of nitrogens with zero attached hydrogens (tertiary/aromatic N) is 3. The maximum Gasteiger partial charge on any atom is 0.0622 e. The van der Waals surface area contributed by atoms with Gasteiger partial charge >= 0.3 is 0 Å². The lowest BCUT2D eigenvalue weighted by atomic mass is 10.1. The van der Waals surface area contributed by atoms with Gasteiger partial charge in [-0.05, 0) is 42.3 Å². The Bertz CT molecular complexity index is 374. The fraction of sp³-hybridized carbons (Fsp3) is 0.643. The van der Waals surface area contributed by atoms with Crippen LogP contribution in [0.15, 0.2) is 16.8 Å². The molecule has 0 N–H and O–H groups in total. The van der Waals surface area contributed by atoms with Gasteiger partial charge in [0.15, 0.2) is 0 Å². The summed E-state index contributed by atoms with van der Waals surface area (Å²) in [5, 5.41) is 13.0. The first-order valence-electron chi connectivity index (χ1n) is 6.66. The lowest BCUT2D eigenvalue weighted by Crippen LogP contribution is -2.47. The Labute approximate surface area is 114 Å². The Balaban J connectivity index is 1.75. The Morgan fingerprint density at radius 1 is 1.39 bits per heavy atom. The van der Waals surface area contributed by atoms with Gasteiger partial charge in [0, 0.05) is 38.6 Å². The summed E-state index contributed by atoms with van der Waals surface area (Å²) in [7, 11) is 0. The molecule has 1 aliphatic heterocycles. The third-order valence-corrected chi connectivity index (χ3v) is 4.44. The van der Waals surface area contributed by atoms with Crippen molar-refractivity contribution < 1.29 is 0 Å². The zero-order valence-corrected chi connectivity index (χ0v) is 11.8. The first-order valence-corrected chi connectivity index (χ1v) is 7.61. The summed E-state index contributed by atoms with van der Waals surface area (Å²) < 4.78 is 0. The molecule has 2 heterocycles. The maximum absolute atomic E-state index is 8.54. The largest absolute Gasteiger partial charge is 0.301 e. The van der Waals surface area contributed by atoms with Crippen LogP contribution in [0, 0.1) is 11.3 Å². The summed E-state index contributed by atoms with van der Waals surface area (Å²) >= 11 is 1.78. The third-order valence-electron chi connectivity index (χ3n) is 3.74. The van der Waals surface area contributed by atoms with E-state index in [0.717, 1.165) is 39.1 Å². The van der Waals surface area contributed by atoms with Crippen molar-refractivity contribution in [3.8, 4) is 6.07 Å². The predicted octanol–water partition coefficient (Wildman–Crippen LogP) is 2.73. The normalized spacial score (nSPS) is 19.6. The van der Waals surface area contributed by atoms with E-state index in [9.17, 15) is 0 Å². The van der Waals surface area contributed by atoms with Crippen LogP contribution in [0.5, 0.6) is 0 Å². The van der Waals surface area contributed by atoms with Gasteiger partial charge in [-0.15, -0.1) is 0 Å². The van der Waals surface area contributed by atoms with Gasteiger partial charge in [-0.2, -0.15) is 16.6 Å². The van der Waals surface area contributed by atoms with Gasteiger partial charge in [0.2, 0.25) is 0 Å². The van der Waals surface area contributed by atoms with E-state index in [1.54, 1.807) is 11.3 Å². The summed E-state index contributed by atoms with van der Waals surface area (Å²) in [5.74, 6) is 0. The van der Waals surface area contributed by atoms with Gasteiger partial charge < -0.3 is 4.90 Å². The fourth-order valence-corrected chi connectivity index (χ4v) is 3.23. The minimum absolute atomic E-state index is 0.539. The second-order valence-corrected chi connectivity index (χ2v) is 5.65. The Morgan fingerprint density at radius 3 is 2.78 bits per heavy atom. The molecule has 1 aliphatic rings. The quantitative estimate of drug-likeness (QED) is 0.765. The predicted molar refractivity (Wildman–Crippen MR) is 75.6 cm³/mol. The highest BCUT2D eigenvalue weighted by atomic mass is 32.1. The summed E-state index contributed by atoms with van der Waals surface area (Å²) in [6.45, 7) is 7.94. The fourth-order valence-electron chi connectivity index (χ4n) is 2.48. The van der Waals surface area contributed by atoms with Crippen LogP contribution in [0.25, 0.3) is 0 Å². The molecule has 1 fully saturated rings. The molecule has 0 saturated carbocycles. The first kappa shape index (κ1) is 13.5. The SMILES string of the molecule is C[C@H](c1ccsc1)N1CCN(CCCC#N)CC1. The number of rotatable bonds is 5. The van der Waals surface area contributed by atoms with Crippen molar-refractivity contribution >= 4 is 11.3 Å². The molecule has 0 bridgehead atoms. The molecular formula is C14H21N3S. The lowest BCUT2D eigenvalue weighted by Gasteiger charge is -2.37. The van der Waals surface area contributed by atoms with Crippen LogP contribution in [-0.2, 0) is 0 Å². The second kappa shape index (κ2) is 6.89. The molecule has 1 aromatic rings. The number of nitriles is 1. The highest BCUT2D eigenvalue weighted by Crippen LogP contribution is 2.23. The van der Waals surface area contributed by atoms with Crippen LogP contribution in [0.3, 0.4) is 0 Å². The van der Waals surface area contributed by atoms with Crippen molar-refractivity contribution in [1.29, 1.82) is 5.26 Å². The average Bonchev–Trinajstić information content (AvgIpc) is 2.93. The van der Waals surface area contributed by atoms with Crippen molar-refractivity contribution in [1.82, 2.24) is 9.80 Å². The summed E-state index contributed by atoms with van der Waals surface area (Å²) in [6.07, 6.45) is 1.70. The minimum Gasteiger partial charge on any atom is -0.301 e. The minimum atomic E-state index is 0.539. The smallest absolute Gasteiger partial charge is 0.0622 e. The molecule has 18 heavy (non-hydrogen) atoms. The van der Waals surface area contributed by atoms with Crippen LogP contribution in [0.2, 0.25) is 0 Å². The van der Waals surface area contributed by atoms with Gasteiger partial charge in [0.1, 0.15) is 0 Å². The Hall–Kier alpha value is -0.890. The van der Waals surface area contributed by atoms with E-state index in [-0.39, 0.29) is 0 Å². The monoisotopic (exact) mass is 263 g/mol. The summed E-state index contributed by atoms with van der Waals surface area (Å²) in [4.78, 5) is 5.04. The molecule has 2 rings (SSSR count). The van der Waals surface area contributed by atoms with E-state index in [0.29, 0.717) is 12.5 Å². The van der Waals surface area contributed by atoms with Gasteiger partial charge in [-0.25, -0.2) is 0 Å². The molecule has 4 heteroatoms. The van der Waals surface area contributed by atoms with Gasteiger partial charge in [0.05, 0.1) is 6.07 Å². The standard InChI is InChI=1S/C14H21N3S/c1-13(14-4-11-18-12-14)17-9-7-16(8-10-17)6-3-2-5-15/h4,11-13H,2-3,6-10H2,1H3/t13-/m1/s1. The number of unbranched alkanes of at least 4 members (excludes halogenated alkanes) is 1. The number of hydrogen-bond donors (Lipinski definition) is 0. The zero-order valence-electron chi connectivity index (χ0n) is 11.0. The number of piperazine rings is 1. The Morgan fingerprint density at radius 2 is 2.17 bits per heavy atom. The highest BCUT2D eigenvalue weighted by Gasteiger charge is 2.21. The summed E-state index contributed by atoms with van der Waals surface area (Å²) in [5.41, 5.74) is 1.44. The lowest BCUT2D eigenvalue weighted by molar-refractivity contribution is 0.102. The van der Waals surface area contributed by atoms with E-state index < -0.39 is 0 Å². The zero-order chi connectivity index (χ0) is 12.8. The second-order valence-electron chi connectivity index (χ2n) is 4.87. The van der Waals surface area contributed by atoms with Gasteiger partial charge in [-0.3, -0.25) is 4.90 Å². The molecule has 0 spiro atoms. The van der Waals surface area contributed by atoms with Crippen LogP contribution in [0.4, 0.5) is 0 Å². The number of hydrogen-bond acceptors (Lipinski definition) is 4. The molecule has 0 radical (unpaired) electrons. The van der Waals surface area contributed by atoms with Crippen LogP contribution in [0.1, 0.15) is 31.4 Å². The van der Waals surface area contributed by atoms with Crippen LogP contribution >= 0.6 is 11.3 Å². The van der Waals surface area contributed by atoms with Gasteiger partial charge in [0.25, 0.3) is 0 Å². The third kappa shape index (κ3) is 3.55. The highest BCUT2D eigenvalue weighted by molar-refractivity contribution is 7.07. The van der Waals surface area contributed by atoms with E-state index in [4.69, 9.17) is 5.26 Å². The molecule has 0 unspecified atom stereocenters. The van der Waals surface area contributed by atoms with E-state index in [1.807, 2.05) is 0 Å². The molecule has 1 atom stereocenters. The van der Waals surface area contributed by atoms with Crippen molar-refractivity contribution in [3.05, 3.63) is 22.4 Å². The van der Waals surface area contributed by atoms with E-state index in [1.165, 1.54) is 5.56 Å². The van der Waals surface area contributed by atoms with Crippen molar-refractivity contribution in [2.24, 2.45) is 0 Å². The molecule has 98 valence electrons. The molecule has 0 amide bonds. The topological polar surface area (TPSA) is 30.3 Å². The van der Waals surface area contributed by atoms with E-state index >= 15 is 0 Å². The average molecular weight is 263 g/mol. The van der Waals surface area contributed by atoms with Crippen molar-refractivity contribution in [2.45, 2.75) is 25.8 Å². The maximum atomic E-state index is 8.54. The first-order chi connectivity index (χ1) is 8.81. The van der Waals surface area contributed by atoms with Crippen molar-refractivity contribution in [2.75, 3.05) is 32.7 Å². The van der Waals surface area contributed by atoms with E-state index in [2.05, 4.69) is 39.6 Å². The summed E-state index contributed by atoms with van der Waals surface area (Å²) in [6, 6.07) is 4.99. The van der Waals surface area contributed by atoms with Crippen LogP contribution in [-0.4, -0.2) is 42.5 Å².